The van der Waals surface area contributed by atoms with E-state index in [0.717, 1.165) is 39.7 Å². The predicted molar refractivity (Wildman–Crippen MR) is 89.7 cm³/mol. The Morgan fingerprint density at radius 3 is 2.74 bits per heavy atom. The van der Waals surface area contributed by atoms with E-state index in [-0.39, 0.29) is 0 Å². The van der Waals surface area contributed by atoms with Crippen LogP contribution in [0.3, 0.4) is 0 Å². The molecule has 1 aromatic carbocycles. The van der Waals surface area contributed by atoms with E-state index in [1.807, 2.05) is 0 Å². The van der Waals surface area contributed by atoms with Crippen LogP contribution in [0.4, 0.5) is 0 Å². The van der Waals surface area contributed by atoms with Crippen molar-refractivity contribution >= 4 is 49.4 Å². The Hall–Kier alpha value is -0.200. The summed E-state index contributed by atoms with van der Waals surface area (Å²) in [6.07, 6.45) is 2.21. The van der Waals surface area contributed by atoms with E-state index in [4.69, 9.17) is 9.72 Å². The molecule has 1 aliphatic rings. The summed E-state index contributed by atoms with van der Waals surface area (Å²) in [5.41, 5.74) is 3.69. The van der Waals surface area contributed by atoms with Gasteiger partial charge in [-0.25, -0.2) is 4.98 Å². The average molecular weight is 432 g/mol. The number of fused-ring (bicyclic) bond motifs is 1. The van der Waals surface area contributed by atoms with Gasteiger partial charge in [0.1, 0.15) is 3.70 Å². The van der Waals surface area contributed by atoms with Gasteiger partial charge in [0.25, 0.3) is 0 Å². The van der Waals surface area contributed by atoms with Gasteiger partial charge in [0.05, 0.1) is 5.52 Å². The molecule has 1 saturated heterocycles. The van der Waals surface area contributed by atoms with Gasteiger partial charge in [-0.05, 0) is 77.6 Å². The van der Waals surface area contributed by atoms with Crippen molar-refractivity contribution in [3.05, 3.63) is 37.5 Å². The second-order valence-electron chi connectivity index (χ2n) is 5.07. The van der Waals surface area contributed by atoms with Crippen molar-refractivity contribution in [2.24, 2.45) is 0 Å². The third-order valence-electron chi connectivity index (χ3n) is 3.67. The van der Waals surface area contributed by atoms with Crippen LogP contribution in [0.15, 0.2) is 22.7 Å². The molecule has 19 heavy (non-hydrogen) atoms. The Labute approximate surface area is 135 Å². The minimum absolute atomic E-state index is 0.589. The van der Waals surface area contributed by atoms with E-state index >= 15 is 0 Å². The number of halogens is 2. The minimum atomic E-state index is 0.589. The van der Waals surface area contributed by atoms with E-state index < -0.39 is 0 Å². The number of aryl methyl sites for hydroxylation is 1. The summed E-state index contributed by atoms with van der Waals surface area (Å²) in [5, 5.41) is 1.22. The number of hydrogen-bond donors (Lipinski definition) is 0. The lowest BCUT2D eigenvalue weighted by Crippen LogP contribution is -2.15. The first kappa shape index (κ1) is 13.8. The smallest absolute Gasteiger partial charge is 0.105 e. The normalized spacial score (nSPS) is 17.0. The van der Waals surface area contributed by atoms with E-state index in [1.54, 1.807) is 0 Å². The topological polar surface area (TPSA) is 22.1 Å². The molecule has 4 heteroatoms. The summed E-state index contributed by atoms with van der Waals surface area (Å²) in [4.78, 5) is 4.79. The highest BCUT2D eigenvalue weighted by atomic mass is 127. The number of benzene rings is 1. The SMILES string of the molecule is Cc1cc(Br)c2cc(C3CCOCC3)c(I)nc2c1. The molecule has 0 atom stereocenters. The molecule has 0 saturated carbocycles. The fraction of sp³-hybridized carbons (Fsp3) is 0.400. The summed E-state index contributed by atoms with van der Waals surface area (Å²) >= 11 is 6.03. The van der Waals surface area contributed by atoms with Crippen LogP contribution in [0.25, 0.3) is 10.9 Å². The summed E-state index contributed by atoms with van der Waals surface area (Å²) in [5.74, 6) is 0.589. The van der Waals surface area contributed by atoms with Gasteiger partial charge in [0.2, 0.25) is 0 Å². The summed E-state index contributed by atoms with van der Waals surface area (Å²) in [6, 6.07) is 6.62. The molecule has 1 fully saturated rings. The van der Waals surface area contributed by atoms with E-state index in [2.05, 4.69) is 63.6 Å². The maximum Gasteiger partial charge on any atom is 0.105 e. The second kappa shape index (κ2) is 5.66. The van der Waals surface area contributed by atoms with Gasteiger partial charge in [-0.3, -0.25) is 0 Å². The molecule has 0 aliphatic carbocycles. The lowest BCUT2D eigenvalue weighted by molar-refractivity contribution is 0.0851. The molecule has 1 aliphatic heterocycles. The van der Waals surface area contributed by atoms with Gasteiger partial charge in [-0.15, -0.1) is 0 Å². The molecule has 0 radical (unpaired) electrons. The molecule has 2 nitrogen and oxygen atoms in total. The lowest BCUT2D eigenvalue weighted by Gasteiger charge is -2.23. The molecule has 100 valence electrons. The molecular weight excluding hydrogens is 417 g/mol. The Morgan fingerprint density at radius 1 is 1.26 bits per heavy atom. The molecule has 0 spiro atoms. The van der Waals surface area contributed by atoms with Crippen molar-refractivity contribution in [3.8, 4) is 0 Å². The first-order chi connectivity index (χ1) is 9.15. The standard InChI is InChI=1S/C15H15BrINO/c1-9-6-13(16)12-8-11(10-2-4-19-5-3-10)15(17)18-14(12)7-9/h6-8,10H,2-5H2,1H3. The number of rotatable bonds is 1. The Bertz CT molecular complexity index is 623. The fourth-order valence-corrected chi connectivity index (χ4v) is 4.19. The zero-order valence-corrected chi connectivity index (χ0v) is 14.5. The van der Waals surface area contributed by atoms with Crippen LogP contribution in [-0.2, 0) is 4.74 Å². The van der Waals surface area contributed by atoms with Crippen LogP contribution in [-0.4, -0.2) is 18.2 Å². The van der Waals surface area contributed by atoms with Crippen molar-refractivity contribution < 1.29 is 4.74 Å². The summed E-state index contributed by atoms with van der Waals surface area (Å²) in [6.45, 7) is 3.84. The van der Waals surface area contributed by atoms with Crippen molar-refractivity contribution in [1.29, 1.82) is 0 Å². The molecule has 0 bridgehead atoms. The molecule has 3 rings (SSSR count). The highest BCUT2D eigenvalue weighted by Crippen LogP contribution is 2.34. The molecule has 2 heterocycles. The van der Waals surface area contributed by atoms with Crippen LogP contribution in [0.5, 0.6) is 0 Å². The highest BCUT2D eigenvalue weighted by molar-refractivity contribution is 14.1. The van der Waals surface area contributed by atoms with Gasteiger partial charge in [-0.2, -0.15) is 0 Å². The largest absolute Gasteiger partial charge is 0.381 e. The monoisotopic (exact) mass is 431 g/mol. The maximum atomic E-state index is 5.46. The predicted octanol–water partition coefficient (Wildman–Crippen LogP) is 4.80. The molecular formula is C15H15BrINO. The Kier molecular flexibility index (Phi) is 4.10. The van der Waals surface area contributed by atoms with Crippen LogP contribution >= 0.6 is 38.5 Å². The van der Waals surface area contributed by atoms with Crippen LogP contribution in [0.2, 0.25) is 0 Å². The van der Waals surface area contributed by atoms with Crippen molar-refractivity contribution in [3.63, 3.8) is 0 Å². The number of nitrogens with zero attached hydrogens (tertiary/aromatic N) is 1. The first-order valence-electron chi connectivity index (χ1n) is 6.49. The lowest BCUT2D eigenvalue weighted by atomic mass is 9.92. The third-order valence-corrected chi connectivity index (χ3v) is 5.19. The van der Waals surface area contributed by atoms with Crippen LogP contribution in [0.1, 0.15) is 29.9 Å². The van der Waals surface area contributed by atoms with Crippen molar-refractivity contribution in [2.75, 3.05) is 13.2 Å². The molecule has 0 unspecified atom stereocenters. The van der Waals surface area contributed by atoms with E-state index in [9.17, 15) is 0 Å². The average Bonchev–Trinajstić information content (AvgIpc) is 2.38. The Balaban J connectivity index is 2.12. The first-order valence-corrected chi connectivity index (χ1v) is 8.36. The van der Waals surface area contributed by atoms with Gasteiger partial charge in [0, 0.05) is 23.1 Å². The van der Waals surface area contributed by atoms with Crippen molar-refractivity contribution in [2.45, 2.75) is 25.7 Å². The Morgan fingerprint density at radius 2 is 2.00 bits per heavy atom. The number of aromatic nitrogens is 1. The third kappa shape index (κ3) is 2.81. The number of hydrogen-bond acceptors (Lipinski definition) is 2. The fourth-order valence-electron chi connectivity index (χ4n) is 2.65. The molecule has 0 amide bonds. The number of ether oxygens (including phenoxy) is 1. The number of pyridine rings is 1. The second-order valence-corrected chi connectivity index (χ2v) is 6.94. The molecule has 1 aromatic heterocycles. The molecule has 2 aromatic rings. The van der Waals surface area contributed by atoms with Crippen LogP contribution in [0, 0.1) is 10.6 Å². The zero-order chi connectivity index (χ0) is 13.4. The van der Waals surface area contributed by atoms with E-state index in [0.29, 0.717) is 5.92 Å². The summed E-state index contributed by atoms with van der Waals surface area (Å²) in [7, 11) is 0. The van der Waals surface area contributed by atoms with Gasteiger partial charge in [-0.1, -0.05) is 15.9 Å². The van der Waals surface area contributed by atoms with Gasteiger partial charge in [0.15, 0.2) is 0 Å². The van der Waals surface area contributed by atoms with Crippen molar-refractivity contribution in [1.82, 2.24) is 4.98 Å². The van der Waals surface area contributed by atoms with E-state index in [1.165, 1.54) is 16.5 Å². The zero-order valence-electron chi connectivity index (χ0n) is 10.7. The minimum Gasteiger partial charge on any atom is -0.381 e. The molecule has 0 N–H and O–H groups in total. The highest BCUT2D eigenvalue weighted by Gasteiger charge is 2.20. The summed E-state index contributed by atoms with van der Waals surface area (Å²) < 4.78 is 7.73. The quantitative estimate of drug-likeness (QED) is 0.477. The maximum absolute atomic E-state index is 5.46. The van der Waals surface area contributed by atoms with Gasteiger partial charge >= 0.3 is 0 Å². The van der Waals surface area contributed by atoms with Gasteiger partial charge < -0.3 is 4.74 Å². The van der Waals surface area contributed by atoms with Crippen LogP contribution < -0.4 is 0 Å².